The molecule has 8 nitrogen and oxygen atoms in total. The number of nitrogens with zero attached hydrogens (tertiary/aromatic N) is 1. The van der Waals surface area contributed by atoms with E-state index in [1.165, 1.54) is 6.07 Å². The third-order valence-corrected chi connectivity index (χ3v) is 8.23. The molecule has 0 spiro atoms. The van der Waals surface area contributed by atoms with Gasteiger partial charge in [-0.1, -0.05) is 26.8 Å². The summed E-state index contributed by atoms with van der Waals surface area (Å²) in [6, 6.07) is 8.49. The Bertz CT molecular complexity index is 1410. The monoisotopic (exact) mass is 491 g/mol. The zero-order valence-corrected chi connectivity index (χ0v) is 20.9. The van der Waals surface area contributed by atoms with Gasteiger partial charge < -0.3 is 18.6 Å². The van der Waals surface area contributed by atoms with Gasteiger partial charge in [-0.05, 0) is 38.0 Å². The standard InChI is InChI=1S/C28H29NO7/c1-5-18-13-21(30)19-8-9-22(33-15-17-7-6-12-29-14-17)20(23(19)35-18)16-34-25(32)28-11-10-27(4,24(31)36-28)26(28,2)3/h6-9,12-14H,5,10-11,15-16H2,1-4H3. The summed E-state index contributed by atoms with van der Waals surface area (Å²) in [5.41, 5.74) is -1.40. The van der Waals surface area contributed by atoms with Gasteiger partial charge >= 0.3 is 11.9 Å². The Morgan fingerprint density at radius 2 is 1.92 bits per heavy atom. The maximum Gasteiger partial charge on any atom is 0.351 e. The lowest BCUT2D eigenvalue weighted by molar-refractivity contribution is -0.184. The van der Waals surface area contributed by atoms with Crippen molar-refractivity contribution in [2.75, 3.05) is 0 Å². The molecule has 2 bridgehead atoms. The van der Waals surface area contributed by atoms with E-state index in [-0.39, 0.29) is 24.6 Å². The van der Waals surface area contributed by atoms with Crippen LogP contribution in [0, 0.1) is 10.8 Å². The minimum Gasteiger partial charge on any atom is -0.488 e. The Hall–Kier alpha value is -3.68. The predicted molar refractivity (Wildman–Crippen MR) is 130 cm³/mol. The zero-order valence-electron chi connectivity index (χ0n) is 20.9. The van der Waals surface area contributed by atoms with Crippen molar-refractivity contribution in [3.8, 4) is 5.75 Å². The largest absolute Gasteiger partial charge is 0.488 e. The van der Waals surface area contributed by atoms with Crippen LogP contribution < -0.4 is 10.2 Å². The number of aryl methyl sites for hydroxylation is 1. The van der Waals surface area contributed by atoms with E-state index in [1.807, 2.05) is 39.8 Å². The predicted octanol–water partition coefficient (Wildman–Crippen LogP) is 4.49. The first-order valence-electron chi connectivity index (χ1n) is 12.1. The average Bonchev–Trinajstić information content (AvgIpc) is 3.17. The molecular formula is C28H29NO7. The second kappa shape index (κ2) is 8.47. The van der Waals surface area contributed by atoms with Crippen LogP contribution in [0.3, 0.4) is 0 Å². The summed E-state index contributed by atoms with van der Waals surface area (Å²) in [6.07, 6.45) is 4.85. The lowest BCUT2D eigenvalue weighted by atomic mass is 9.66. The second-order valence-corrected chi connectivity index (χ2v) is 10.2. The van der Waals surface area contributed by atoms with Crippen LogP contribution in [0.15, 0.2) is 51.9 Å². The highest BCUT2D eigenvalue weighted by Crippen LogP contribution is 2.65. The molecule has 2 atom stereocenters. The van der Waals surface area contributed by atoms with Crippen molar-refractivity contribution < 1.29 is 28.2 Å². The van der Waals surface area contributed by atoms with Gasteiger partial charge in [-0.25, -0.2) is 4.79 Å². The molecule has 1 aliphatic carbocycles. The maximum absolute atomic E-state index is 13.5. The van der Waals surface area contributed by atoms with E-state index in [1.54, 1.807) is 24.5 Å². The van der Waals surface area contributed by atoms with Crippen LogP contribution in [0.25, 0.3) is 11.0 Å². The number of ether oxygens (including phenoxy) is 3. The van der Waals surface area contributed by atoms with Crippen molar-refractivity contribution in [3.05, 3.63) is 69.8 Å². The third kappa shape index (κ3) is 3.42. The fraction of sp³-hybridized carbons (Fsp3) is 0.429. The van der Waals surface area contributed by atoms with Gasteiger partial charge in [0.25, 0.3) is 0 Å². The van der Waals surface area contributed by atoms with Gasteiger partial charge in [0, 0.05) is 35.9 Å². The summed E-state index contributed by atoms with van der Waals surface area (Å²) >= 11 is 0. The lowest BCUT2D eigenvalue weighted by Gasteiger charge is -2.34. The Morgan fingerprint density at radius 3 is 2.56 bits per heavy atom. The van der Waals surface area contributed by atoms with Crippen LogP contribution in [0.5, 0.6) is 5.75 Å². The van der Waals surface area contributed by atoms with E-state index >= 15 is 0 Å². The Morgan fingerprint density at radius 1 is 1.11 bits per heavy atom. The first kappa shape index (κ1) is 24.0. The first-order chi connectivity index (χ1) is 17.1. The molecule has 0 N–H and O–H groups in total. The maximum atomic E-state index is 13.5. The molecule has 0 amide bonds. The Kier molecular flexibility index (Phi) is 5.65. The fourth-order valence-corrected chi connectivity index (χ4v) is 5.35. The molecule has 1 saturated heterocycles. The summed E-state index contributed by atoms with van der Waals surface area (Å²) in [5, 5.41) is 0.367. The highest BCUT2D eigenvalue weighted by Gasteiger charge is 2.76. The molecule has 2 fully saturated rings. The molecule has 1 aromatic carbocycles. The quantitative estimate of drug-likeness (QED) is 0.445. The minimum absolute atomic E-state index is 0.185. The van der Waals surface area contributed by atoms with Gasteiger partial charge in [0.15, 0.2) is 5.43 Å². The van der Waals surface area contributed by atoms with Gasteiger partial charge in [0.1, 0.15) is 30.3 Å². The number of fused-ring (bicyclic) bond motifs is 3. The normalized spacial score (nSPS) is 24.1. The van der Waals surface area contributed by atoms with Gasteiger partial charge in [0.2, 0.25) is 5.60 Å². The summed E-state index contributed by atoms with van der Waals surface area (Å²) in [7, 11) is 0. The summed E-state index contributed by atoms with van der Waals surface area (Å²) in [6.45, 7) is 7.50. The fourth-order valence-electron chi connectivity index (χ4n) is 5.35. The van der Waals surface area contributed by atoms with Gasteiger partial charge in [-0.3, -0.25) is 14.6 Å². The summed E-state index contributed by atoms with van der Waals surface area (Å²) in [5.74, 6) is -0.0429. The Labute approximate surface area is 208 Å². The smallest absolute Gasteiger partial charge is 0.351 e. The number of carbonyl (C=O) groups excluding carboxylic acids is 2. The van der Waals surface area contributed by atoms with Crippen LogP contribution in [-0.2, 0) is 38.7 Å². The van der Waals surface area contributed by atoms with E-state index in [2.05, 4.69) is 4.98 Å². The molecule has 188 valence electrons. The number of pyridine rings is 1. The number of aromatic nitrogens is 1. The summed E-state index contributed by atoms with van der Waals surface area (Å²) < 4.78 is 23.6. The van der Waals surface area contributed by atoms with Crippen molar-refractivity contribution in [1.82, 2.24) is 4.98 Å². The molecule has 3 heterocycles. The van der Waals surface area contributed by atoms with Crippen molar-refractivity contribution in [2.24, 2.45) is 10.8 Å². The van der Waals surface area contributed by atoms with E-state index in [0.717, 1.165) is 5.56 Å². The zero-order chi connectivity index (χ0) is 25.7. The molecule has 2 unspecified atom stereocenters. The van der Waals surface area contributed by atoms with Crippen molar-refractivity contribution in [3.63, 3.8) is 0 Å². The number of esters is 2. The van der Waals surface area contributed by atoms with E-state index in [9.17, 15) is 14.4 Å². The van der Waals surface area contributed by atoms with Crippen molar-refractivity contribution >= 4 is 22.9 Å². The van der Waals surface area contributed by atoms with Crippen LogP contribution >= 0.6 is 0 Å². The van der Waals surface area contributed by atoms with Crippen LogP contribution in [-0.4, -0.2) is 22.5 Å². The van der Waals surface area contributed by atoms with E-state index in [4.69, 9.17) is 18.6 Å². The van der Waals surface area contributed by atoms with Gasteiger partial charge in [0.05, 0.1) is 16.4 Å². The molecule has 2 aliphatic rings. The Balaban J connectivity index is 1.50. The number of hydrogen-bond donors (Lipinski definition) is 0. The molecule has 5 rings (SSSR count). The van der Waals surface area contributed by atoms with Gasteiger partial charge in [-0.15, -0.1) is 0 Å². The topological polar surface area (TPSA) is 105 Å². The van der Waals surface area contributed by atoms with Crippen LogP contribution in [0.4, 0.5) is 0 Å². The third-order valence-electron chi connectivity index (χ3n) is 8.23. The molecule has 36 heavy (non-hydrogen) atoms. The molecule has 1 saturated carbocycles. The second-order valence-electron chi connectivity index (χ2n) is 10.2. The number of carbonyl (C=O) groups is 2. The molecule has 1 aliphatic heterocycles. The number of benzene rings is 1. The number of rotatable bonds is 7. The van der Waals surface area contributed by atoms with Crippen molar-refractivity contribution in [1.29, 1.82) is 0 Å². The molecule has 8 heteroatoms. The number of hydrogen-bond acceptors (Lipinski definition) is 8. The lowest BCUT2D eigenvalue weighted by Crippen LogP contribution is -2.48. The summed E-state index contributed by atoms with van der Waals surface area (Å²) in [4.78, 5) is 42.9. The van der Waals surface area contributed by atoms with E-state index in [0.29, 0.717) is 47.3 Å². The molecular weight excluding hydrogens is 462 g/mol. The van der Waals surface area contributed by atoms with Crippen LogP contribution in [0.1, 0.15) is 57.4 Å². The first-order valence-corrected chi connectivity index (χ1v) is 12.1. The van der Waals surface area contributed by atoms with Gasteiger partial charge in [-0.2, -0.15) is 0 Å². The average molecular weight is 492 g/mol. The SMILES string of the molecule is CCc1cc(=O)c2ccc(OCc3cccnc3)c(COC(=O)C34CCC(C)(C(=O)O3)C4(C)C)c2o1. The van der Waals surface area contributed by atoms with E-state index < -0.39 is 22.4 Å². The molecule has 0 radical (unpaired) electrons. The van der Waals surface area contributed by atoms with Crippen LogP contribution in [0.2, 0.25) is 0 Å². The highest BCUT2D eigenvalue weighted by molar-refractivity contribution is 5.93. The minimum atomic E-state index is -1.35. The molecule has 3 aromatic rings. The molecule has 2 aromatic heterocycles. The van der Waals surface area contributed by atoms with Crippen molar-refractivity contribution in [2.45, 2.75) is 65.8 Å². The highest BCUT2D eigenvalue weighted by atomic mass is 16.6.